The third-order valence-electron chi connectivity index (χ3n) is 4.83. The highest BCUT2D eigenvalue weighted by atomic mass is 32.1. The van der Waals surface area contributed by atoms with Crippen molar-refractivity contribution in [3.63, 3.8) is 0 Å². The number of carbonyl (C=O) groups excluding carboxylic acids is 1. The SMILES string of the molecule is CCOC(C)C(=O)Nc1ccc(Oc2ccnc3cc(-c4cn(CC)cn4)sc23)c(F)c1. The van der Waals surface area contributed by atoms with E-state index in [1.165, 1.54) is 23.5 Å². The van der Waals surface area contributed by atoms with Gasteiger partial charge in [-0.1, -0.05) is 0 Å². The number of imidazole rings is 1. The Morgan fingerprint density at radius 3 is 2.78 bits per heavy atom. The van der Waals surface area contributed by atoms with Crippen LogP contribution in [0.15, 0.2) is 49.1 Å². The van der Waals surface area contributed by atoms with E-state index in [1.807, 2.05) is 16.8 Å². The number of carbonyl (C=O) groups is 1. The summed E-state index contributed by atoms with van der Waals surface area (Å²) in [4.78, 5) is 21.9. The molecule has 0 fully saturated rings. The highest BCUT2D eigenvalue weighted by Crippen LogP contribution is 2.39. The number of pyridine rings is 1. The molecule has 0 aliphatic carbocycles. The van der Waals surface area contributed by atoms with Crippen molar-refractivity contribution >= 4 is 33.1 Å². The zero-order chi connectivity index (χ0) is 22.7. The molecule has 7 nitrogen and oxygen atoms in total. The van der Waals surface area contributed by atoms with Crippen LogP contribution < -0.4 is 10.1 Å². The molecule has 4 aromatic rings. The van der Waals surface area contributed by atoms with Gasteiger partial charge in [0.15, 0.2) is 11.6 Å². The van der Waals surface area contributed by atoms with E-state index < -0.39 is 11.9 Å². The highest BCUT2D eigenvalue weighted by Gasteiger charge is 2.16. The number of thiophene rings is 1. The van der Waals surface area contributed by atoms with Gasteiger partial charge in [0.25, 0.3) is 5.91 Å². The number of hydrogen-bond acceptors (Lipinski definition) is 6. The fraction of sp³-hybridized carbons (Fsp3) is 0.261. The Morgan fingerprint density at radius 2 is 2.06 bits per heavy atom. The van der Waals surface area contributed by atoms with Gasteiger partial charge < -0.3 is 19.4 Å². The van der Waals surface area contributed by atoms with E-state index in [2.05, 4.69) is 22.2 Å². The minimum atomic E-state index is -0.624. The molecular formula is C23H23FN4O3S. The zero-order valence-corrected chi connectivity index (χ0v) is 18.8. The Labute approximate surface area is 188 Å². The van der Waals surface area contributed by atoms with E-state index in [4.69, 9.17) is 9.47 Å². The van der Waals surface area contributed by atoms with Crippen LogP contribution in [0.4, 0.5) is 10.1 Å². The van der Waals surface area contributed by atoms with Crippen molar-refractivity contribution in [2.24, 2.45) is 0 Å². The minimum Gasteiger partial charge on any atom is -0.453 e. The van der Waals surface area contributed by atoms with E-state index in [1.54, 1.807) is 38.5 Å². The molecule has 1 unspecified atom stereocenters. The number of benzene rings is 1. The Hall–Kier alpha value is -3.30. The largest absolute Gasteiger partial charge is 0.453 e. The van der Waals surface area contributed by atoms with Crippen LogP contribution in [0.1, 0.15) is 20.8 Å². The molecule has 0 bridgehead atoms. The first-order chi connectivity index (χ1) is 15.5. The van der Waals surface area contributed by atoms with Gasteiger partial charge in [-0.25, -0.2) is 9.37 Å². The minimum absolute atomic E-state index is 0.0542. The van der Waals surface area contributed by atoms with E-state index >= 15 is 0 Å². The summed E-state index contributed by atoms with van der Waals surface area (Å²) in [7, 11) is 0. The molecule has 4 rings (SSSR count). The molecule has 32 heavy (non-hydrogen) atoms. The highest BCUT2D eigenvalue weighted by molar-refractivity contribution is 7.22. The Morgan fingerprint density at radius 1 is 1.22 bits per heavy atom. The lowest BCUT2D eigenvalue weighted by atomic mass is 10.2. The lowest BCUT2D eigenvalue weighted by molar-refractivity contribution is -0.126. The van der Waals surface area contributed by atoms with Crippen LogP contribution in [0.2, 0.25) is 0 Å². The molecule has 0 saturated carbocycles. The summed E-state index contributed by atoms with van der Waals surface area (Å²) in [5.74, 6) is -0.372. The van der Waals surface area contributed by atoms with Crippen molar-refractivity contribution in [2.45, 2.75) is 33.4 Å². The second kappa shape index (κ2) is 9.46. The molecule has 3 aromatic heterocycles. The van der Waals surface area contributed by atoms with Crippen LogP contribution in [0, 0.1) is 5.82 Å². The molecule has 166 valence electrons. The molecule has 0 radical (unpaired) electrons. The number of rotatable bonds is 8. The molecular weight excluding hydrogens is 431 g/mol. The first-order valence-corrected chi connectivity index (χ1v) is 11.1. The summed E-state index contributed by atoms with van der Waals surface area (Å²) in [6.07, 6.45) is 4.76. The van der Waals surface area contributed by atoms with Crippen molar-refractivity contribution in [3.05, 3.63) is 54.9 Å². The number of halogens is 1. The van der Waals surface area contributed by atoms with E-state index in [-0.39, 0.29) is 11.7 Å². The monoisotopic (exact) mass is 454 g/mol. The van der Waals surface area contributed by atoms with Crippen LogP contribution in [-0.2, 0) is 16.1 Å². The van der Waals surface area contributed by atoms with Gasteiger partial charge in [-0.05, 0) is 39.0 Å². The molecule has 1 aromatic carbocycles. The molecule has 0 saturated heterocycles. The number of nitrogens with one attached hydrogen (secondary N) is 1. The fourth-order valence-corrected chi connectivity index (χ4v) is 4.16. The zero-order valence-electron chi connectivity index (χ0n) is 18.0. The van der Waals surface area contributed by atoms with Gasteiger partial charge in [0, 0.05) is 43.4 Å². The summed E-state index contributed by atoms with van der Waals surface area (Å²) >= 11 is 1.49. The first-order valence-electron chi connectivity index (χ1n) is 10.3. The van der Waals surface area contributed by atoms with Gasteiger partial charge in [-0.3, -0.25) is 9.78 Å². The van der Waals surface area contributed by atoms with E-state index in [9.17, 15) is 9.18 Å². The Bertz CT molecular complexity index is 1250. The van der Waals surface area contributed by atoms with Gasteiger partial charge in [-0.15, -0.1) is 11.3 Å². The average Bonchev–Trinajstić information content (AvgIpc) is 3.43. The van der Waals surface area contributed by atoms with Crippen LogP contribution in [0.5, 0.6) is 11.5 Å². The summed E-state index contributed by atoms with van der Waals surface area (Å²) < 4.78 is 28.6. The van der Waals surface area contributed by atoms with Crippen LogP contribution in [0.25, 0.3) is 20.8 Å². The third kappa shape index (κ3) is 4.63. The molecule has 1 atom stereocenters. The predicted octanol–water partition coefficient (Wildman–Crippen LogP) is 5.47. The lowest BCUT2D eigenvalue weighted by Gasteiger charge is -2.13. The predicted molar refractivity (Wildman–Crippen MR) is 123 cm³/mol. The van der Waals surface area contributed by atoms with Crippen molar-refractivity contribution < 1.29 is 18.7 Å². The Kier molecular flexibility index (Phi) is 6.48. The van der Waals surface area contributed by atoms with E-state index in [0.717, 1.165) is 27.3 Å². The average molecular weight is 455 g/mol. The maximum absolute atomic E-state index is 14.7. The third-order valence-corrected chi connectivity index (χ3v) is 5.99. The van der Waals surface area contributed by atoms with Crippen molar-refractivity contribution in [1.29, 1.82) is 0 Å². The molecule has 3 heterocycles. The molecule has 1 N–H and O–H groups in total. The van der Waals surface area contributed by atoms with Gasteiger partial charge in [-0.2, -0.15) is 0 Å². The summed E-state index contributed by atoms with van der Waals surface area (Å²) in [6.45, 7) is 6.75. The number of aromatic nitrogens is 3. The quantitative estimate of drug-likeness (QED) is 0.382. The van der Waals surface area contributed by atoms with Gasteiger partial charge in [0.2, 0.25) is 0 Å². The van der Waals surface area contributed by atoms with Gasteiger partial charge in [0.05, 0.1) is 27.1 Å². The number of hydrogen-bond donors (Lipinski definition) is 1. The Balaban J connectivity index is 1.56. The number of fused-ring (bicyclic) bond motifs is 1. The second-order valence-electron chi connectivity index (χ2n) is 7.06. The number of nitrogens with zero attached hydrogens (tertiary/aromatic N) is 3. The lowest BCUT2D eigenvalue weighted by Crippen LogP contribution is -2.27. The molecule has 0 aliphatic heterocycles. The topological polar surface area (TPSA) is 78.3 Å². The maximum atomic E-state index is 14.7. The molecule has 9 heteroatoms. The first kappa shape index (κ1) is 21.9. The maximum Gasteiger partial charge on any atom is 0.253 e. The van der Waals surface area contributed by atoms with Crippen LogP contribution in [0.3, 0.4) is 0 Å². The van der Waals surface area contributed by atoms with Crippen molar-refractivity contribution in [1.82, 2.24) is 14.5 Å². The summed E-state index contributed by atoms with van der Waals surface area (Å²) in [6, 6.07) is 7.95. The molecule has 0 spiro atoms. The van der Waals surface area contributed by atoms with Crippen molar-refractivity contribution in [2.75, 3.05) is 11.9 Å². The van der Waals surface area contributed by atoms with Gasteiger partial charge >= 0.3 is 0 Å². The standard InChI is InChI=1S/C23H23FN4O3S/c1-4-28-12-18(26-13-28)21-11-17-22(32-21)20(8-9-25-17)31-19-7-6-15(10-16(19)24)27-23(29)14(3)30-5-2/h6-14H,4-5H2,1-3H3,(H,27,29). The number of anilines is 1. The van der Waals surface area contributed by atoms with E-state index in [0.29, 0.717) is 18.0 Å². The van der Waals surface area contributed by atoms with Crippen LogP contribution >= 0.6 is 11.3 Å². The number of amides is 1. The summed E-state index contributed by atoms with van der Waals surface area (Å²) in [5.41, 5.74) is 1.94. The van der Waals surface area contributed by atoms with Crippen molar-refractivity contribution in [3.8, 4) is 22.1 Å². The second-order valence-corrected chi connectivity index (χ2v) is 8.11. The number of ether oxygens (including phenoxy) is 2. The molecule has 0 aliphatic rings. The normalized spacial score (nSPS) is 12.1. The molecule has 1 amide bonds. The smallest absolute Gasteiger partial charge is 0.253 e. The fourth-order valence-electron chi connectivity index (χ4n) is 3.13. The van der Waals surface area contributed by atoms with Crippen LogP contribution in [-0.4, -0.2) is 33.2 Å². The number of aryl methyl sites for hydroxylation is 1. The summed E-state index contributed by atoms with van der Waals surface area (Å²) in [5, 5.41) is 2.64. The van der Waals surface area contributed by atoms with Gasteiger partial charge in [0.1, 0.15) is 11.9 Å².